The van der Waals surface area contributed by atoms with Crippen LogP contribution in [0.1, 0.15) is 39.9 Å². The number of phosphoric ester groups is 3. The standard InChI is InChI=1S/C32H35N4O21P3/c37-25-22(54-28(27(25)39)16-6-5-7-17(12-16)30(40)34-24(32(41)42)18-8-1-3-10-20(18)36(43)44)13-52-59(48,49)57-60(50,51)53-14-23-26(38)29(56-58(45,46)47)31(55-23)35-15-33-19-9-2-4-11-21(19)35/h1-12,15,22-29,31,37-39H,13-14H2,(H,34,40)(H,41,42)(H,48,49)(H,50,51)(H2,45,46,47)/t22-,23-,24?,25-,26-,27-,28+,29-,31-/m1/s1. The number of para-hydroxylation sites is 3. The minimum atomic E-state index is -5.58. The number of carbonyl (C=O) groups excluding carboxylic acids is 1. The molecule has 3 aromatic carbocycles. The molecule has 2 aliphatic rings. The lowest BCUT2D eigenvalue weighted by Crippen LogP contribution is -2.35. The summed E-state index contributed by atoms with van der Waals surface area (Å²) in [6, 6.07) is 14.6. The first-order valence-electron chi connectivity index (χ1n) is 17.2. The molecule has 324 valence electrons. The zero-order valence-electron chi connectivity index (χ0n) is 30.2. The summed E-state index contributed by atoms with van der Waals surface area (Å²) in [5, 5.41) is 55.6. The van der Waals surface area contributed by atoms with Crippen LogP contribution in [0.15, 0.2) is 79.1 Å². The van der Waals surface area contributed by atoms with Crippen LogP contribution in [0.4, 0.5) is 5.69 Å². The highest BCUT2D eigenvalue weighted by atomic mass is 31.3. The molecule has 11 atom stereocenters. The number of nitro groups is 1. The van der Waals surface area contributed by atoms with Gasteiger partial charge < -0.3 is 59.4 Å². The van der Waals surface area contributed by atoms with Crippen LogP contribution in [0.3, 0.4) is 0 Å². The number of aliphatic hydroxyl groups is 3. The molecule has 28 heteroatoms. The fourth-order valence-corrected chi connectivity index (χ4v) is 9.09. The van der Waals surface area contributed by atoms with Crippen molar-refractivity contribution in [2.75, 3.05) is 13.2 Å². The maximum atomic E-state index is 13.1. The maximum absolute atomic E-state index is 13.1. The molecule has 2 saturated heterocycles. The van der Waals surface area contributed by atoms with Gasteiger partial charge in [-0.05, 0) is 35.9 Å². The van der Waals surface area contributed by atoms with Crippen LogP contribution in [0.25, 0.3) is 11.0 Å². The molecule has 3 unspecified atom stereocenters. The van der Waals surface area contributed by atoms with Gasteiger partial charge in [-0.25, -0.2) is 23.5 Å². The van der Waals surface area contributed by atoms with E-state index in [4.69, 9.17) is 23.0 Å². The number of aliphatic hydroxyl groups excluding tert-OH is 3. The fourth-order valence-electron chi connectivity index (χ4n) is 6.45. The number of nitrogens with one attached hydrogen (secondary N) is 1. The Labute approximate surface area is 336 Å². The van der Waals surface area contributed by atoms with Crippen LogP contribution in [-0.2, 0) is 45.8 Å². The molecule has 2 aliphatic heterocycles. The van der Waals surface area contributed by atoms with Crippen molar-refractivity contribution in [3.8, 4) is 0 Å². The van der Waals surface area contributed by atoms with Gasteiger partial charge in [0.1, 0.15) is 42.7 Å². The van der Waals surface area contributed by atoms with Crippen molar-refractivity contribution in [2.45, 2.75) is 55.0 Å². The Bertz CT molecular complexity index is 2390. The number of fused-ring (bicyclic) bond motifs is 1. The van der Waals surface area contributed by atoms with E-state index in [9.17, 15) is 73.4 Å². The molecule has 1 aromatic heterocycles. The van der Waals surface area contributed by atoms with Crippen molar-refractivity contribution < 1.29 is 95.6 Å². The Hall–Kier alpha value is -4.36. The van der Waals surface area contributed by atoms with E-state index in [1.54, 1.807) is 24.3 Å². The van der Waals surface area contributed by atoms with Gasteiger partial charge in [0.25, 0.3) is 11.6 Å². The van der Waals surface area contributed by atoms with Crippen LogP contribution < -0.4 is 5.32 Å². The highest BCUT2D eigenvalue weighted by Gasteiger charge is 2.50. The lowest BCUT2D eigenvalue weighted by atomic mass is 9.99. The summed E-state index contributed by atoms with van der Waals surface area (Å²) in [5.74, 6) is -2.61. The van der Waals surface area contributed by atoms with Crippen LogP contribution in [0, 0.1) is 10.1 Å². The van der Waals surface area contributed by atoms with Crippen LogP contribution in [-0.4, -0.2) is 116 Å². The number of aromatic nitrogens is 2. The van der Waals surface area contributed by atoms with Gasteiger partial charge in [-0.1, -0.05) is 36.4 Å². The number of carbonyl (C=O) groups is 2. The zero-order chi connectivity index (χ0) is 43.7. The number of carboxylic acid groups (broad SMARTS) is 1. The highest BCUT2D eigenvalue weighted by molar-refractivity contribution is 7.61. The molecule has 0 radical (unpaired) electrons. The first-order chi connectivity index (χ1) is 28.1. The third-order valence-electron chi connectivity index (χ3n) is 9.14. The predicted molar refractivity (Wildman–Crippen MR) is 196 cm³/mol. The molecule has 0 aliphatic carbocycles. The third-order valence-corrected chi connectivity index (χ3v) is 12.3. The molecule has 9 N–H and O–H groups in total. The van der Waals surface area contributed by atoms with E-state index >= 15 is 0 Å². The molecule has 1 amide bonds. The van der Waals surface area contributed by atoms with Gasteiger partial charge in [-0.2, -0.15) is 4.31 Å². The first kappa shape index (κ1) is 45.2. The number of amides is 1. The number of aliphatic carboxylic acids is 1. The largest absolute Gasteiger partial charge is 0.481 e. The third kappa shape index (κ3) is 10.4. The number of hydrogen-bond donors (Lipinski definition) is 9. The van der Waals surface area contributed by atoms with E-state index in [0.29, 0.717) is 11.0 Å². The van der Waals surface area contributed by atoms with Crippen molar-refractivity contribution in [1.82, 2.24) is 14.9 Å². The Morgan fingerprint density at radius 2 is 1.50 bits per heavy atom. The van der Waals surface area contributed by atoms with Crippen LogP contribution in [0.2, 0.25) is 0 Å². The molecule has 25 nitrogen and oxygen atoms in total. The molecule has 3 heterocycles. The van der Waals surface area contributed by atoms with Gasteiger partial charge in [-0.15, -0.1) is 0 Å². The molecular weight excluding hydrogens is 869 g/mol. The Morgan fingerprint density at radius 3 is 2.15 bits per heavy atom. The quantitative estimate of drug-likeness (QED) is 0.0410. The Morgan fingerprint density at radius 1 is 0.867 bits per heavy atom. The van der Waals surface area contributed by atoms with Gasteiger partial charge in [0, 0.05) is 11.6 Å². The van der Waals surface area contributed by atoms with Crippen LogP contribution >= 0.6 is 23.5 Å². The zero-order valence-corrected chi connectivity index (χ0v) is 32.9. The van der Waals surface area contributed by atoms with Gasteiger partial charge >= 0.3 is 29.4 Å². The van der Waals surface area contributed by atoms with E-state index in [1.807, 2.05) is 0 Å². The van der Waals surface area contributed by atoms with E-state index in [-0.39, 0.29) is 16.7 Å². The second kappa shape index (κ2) is 17.9. The summed E-state index contributed by atoms with van der Waals surface area (Å²) < 4.78 is 68.3. The average molecular weight is 905 g/mol. The van der Waals surface area contributed by atoms with Crippen molar-refractivity contribution in [3.63, 3.8) is 0 Å². The number of imidazole rings is 1. The number of phosphoric acid groups is 3. The highest BCUT2D eigenvalue weighted by Crippen LogP contribution is 2.61. The van der Waals surface area contributed by atoms with E-state index < -0.39 is 114 Å². The van der Waals surface area contributed by atoms with E-state index in [0.717, 1.165) is 18.2 Å². The van der Waals surface area contributed by atoms with Gasteiger partial charge in [-0.3, -0.25) is 28.5 Å². The molecule has 6 rings (SSSR count). The second-order valence-electron chi connectivity index (χ2n) is 13.1. The summed E-state index contributed by atoms with van der Waals surface area (Å²) in [5.41, 5.74) is -0.201. The first-order valence-corrected chi connectivity index (χ1v) is 21.7. The lowest BCUT2D eigenvalue weighted by molar-refractivity contribution is -0.385. The predicted octanol–water partition coefficient (Wildman–Crippen LogP) is 1.35. The van der Waals surface area contributed by atoms with Crippen molar-refractivity contribution in [3.05, 3.63) is 106 Å². The molecule has 0 saturated carbocycles. The minimum Gasteiger partial charge on any atom is -0.479 e. The molecular formula is C32H35N4O21P3. The smallest absolute Gasteiger partial charge is 0.479 e. The van der Waals surface area contributed by atoms with Gasteiger partial charge in [0.05, 0.1) is 41.1 Å². The summed E-state index contributed by atoms with van der Waals surface area (Å²) in [4.78, 5) is 79.3. The topological polar surface area (TPSA) is 376 Å². The number of benzene rings is 3. The number of nitrogens with zero attached hydrogens (tertiary/aromatic N) is 3. The number of rotatable bonds is 17. The Balaban J connectivity index is 1.06. The molecule has 0 bridgehead atoms. The number of carboxylic acids is 1. The van der Waals surface area contributed by atoms with Gasteiger partial charge in [0.15, 0.2) is 12.3 Å². The fraction of sp³-hybridized carbons (Fsp3) is 0.344. The second-order valence-corrected chi connectivity index (χ2v) is 17.4. The SMILES string of the molecule is O=C(NC(C(=O)O)c1ccccc1[N+](=O)[O-])c1cccc([C@@H]2O[C@H](COP(=O)(O)OP(=O)(O)OC[C@H]3O[C@@H](n4cnc5ccccc54)[C@H](OP(=O)(O)O)[C@@H]3O)[C@@H](O)[C@H]2O)c1. The maximum Gasteiger partial charge on any atom is 0.481 e. The normalized spacial score (nSPS) is 26.9. The van der Waals surface area contributed by atoms with E-state index in [2.05, 4.69) is 14.6 Å². The number of nitro benzene ring substituents is 1. The average Bonchev–Trinajstić information content (AvgIpc) is 3.83. The monoisotopic (exact) mass is 904 g/mol. The molecule has 4 aromatic rings. The summed E-state index contributed by atoms with van der Waals surface area (Å²) >= 11 is 0. The minimum absolute atomic E-state index is 0.0409. The Kier molecular flexibility index (Phi) is 13.5. The van der Waals surface area contributed by atoms with Crippen molar-refractivity contribution in [2.24, 2.45) is 0 Å². The van der Waals surface area contributed by atoms with Gasteiger partial charge in [0.2, 0.25) is 0 Å². The summed E-state index contributed by atoms with van der Waals surface area (Å²) in [7, 11) is -16.4. The van der Waals surface area contributed by atoms with Crippen molar-refractivity contribution >= 4 is 52.1 Å². The number of ether oxygens (including phenoxy) is 2. The summed E-state index contributed by atoms with van der Waals surface area (Å²) in [6.07, 6.45) is -12.2. The molecule has 2 fully saturated rings. The number of hydrogen-bond acceptors (Lipinski definition) is 17. The lowest BCUT2D eigenvalue weighted by Gasteiger charge is -2.22. The molecule has 0 spiro atoms. The van der Waals surface area contributed by atoms with Crippen LogP contribution in [0.5, 0.6) is 0 Å². The molecule has 60 heavy (non-hydrogen) atoms. The van der Waals surface area contributed by atoms with Crippen molar-refractivity contribution in [1.29, 1.82) is 0 Å². The summed E-state index contributed by atoms with van der Waals surface area (Å²) in [6.45, 7) is -2.12. The van der Waals surface area contributed by atoms with E-state index in [1.165, 1.54) is 41.2 Å².